The minimum absolute atomic E-state index is 0.0139. The van der Waals surface area contributed by atoms with E-state index in [1.165, 1.54) is 0 Å². The molecule has 1 aliphatic heterocycles. The Labute approximate surface area is 70.9 Å². The van der Waals surface area contributed by atoms with Crippen molar-refractivity contribution in [2.24, 2.45) is 0 Å². The monoisotopic (exact) mass is 174 g/mol. The maximum Gasteiger partial charge on any atom is 0.482 e. The van der Waals surface area contributed by atoms with Crippen molar-refractivity contribution in [1.82, 2.24) is 0 Å². The molecule has 1 heterocycles. The van der Waals surface area contributed by atoms with Gasteiger partial charge in [0.2, 0.25) is 0 Å². The maximum absolute atomic E-state index is 5.70. The van der Waals surface area contributed by atoms with E-state index in [-0.39, 0.29) is 18.0 Å². The van der Waals surface area contributed by atoms with E-state index in [2.05, 4.69) is 34.4 Å². The summed E-state index contributed by atoms with van der Waals surface area (Å²) < 4.78 is 11.4. The fraction of sp³-hybridized carbons (Fsp3) is 1.00. The van der Waals surface area contributed by atoms with Gasteiger partial charge in [0.15, 0.2) is 0 Å². The lowest BCUT2D eigenvalue weighted by atomic mass is 9.90. The van der Waals surface area contributed by atoms with E-state index in [4.69, 9.17) is 9.31 Å². The van der Waals surface area contributed by atoms with Gasteiger partial charge in [-0.25, -0.2) is 0 Å². The van der Waals surface area contributed by atoms with Crippen LogP contribution in [0.2, 0.25) is 0 Å². The molecule has 1 aliphatic rings. The van der Waals surface area contributed by atoms with E-state index in [0.717, 1.165) is 0 Å². The minimum atomic E-state index is -0.152. The molecule has 1 rings (SSSR count). The molecule has 64 valence electrons. The summed E-state index contributed by atoms with van der Waals surface area (Å²) in [4.78, 5) is 0. The topological polar surface area (TPSA) is 18.5 Å². The summed E-state index contributed by atoms with van der Waals surface area (Å²) in [5, 5.41) is 0. The van der Waals surface area contributed by atoms with Gasteiger partial charge in [0.25, 0.3) is 0 Å². The summed E-state index contributed by atoms with van der Waals surface area (Å²) in [6.45, 7) is 10.4. The first-order valence-corrected chi connectivity index (χ1v) is 5.50. The van der Waals surface area contributed by atoms with Crippen LogP contribution < -0.4 is 0 Å². The summed E-state index contributed by atoms with van der Waals surface area (Å²) in [5.41, 5.74) is -0.304. The van der Waals surface area contributed by atoms with Crippen molar-refractivity contribution in [2.45, 2.75) is 38.9 Å². The van der Waals surface area contributed by atoms with Crippen LogP contribution in [0.1, 0.15) is 27.7 Å². The highest BCUT2D eigenvalue weighted by molar-refractivity contribution is 7.73. The fourth-order valence-electron chi connectivity index (χ4n) is 0.961. The molecule has 0 amide bonds. The second-order valence-electron chi connectivity index (χ2n) is 3.88. The Morgan fingerprint density at radius 3 is 1.55 bits per heavy atom. The highest BCUT2D eigenvalue weighted by Gasteiger charge is 2.50. The Hall–Kier alpha value is 0.415. The Balaban J connectivity index is 2.72. The van der Waals surface area contributed by atoms with Gasteiger partial charge >= 0.3 is 6.84 Å². The third-order valence-electron chi connectivity index (χ3n) is 2.49. The molecule has 0 aliphatic carbocycles. The summed E-state index contributed by atoms with van der Waals surface area (Å²) in [7, 11) is 0.700. The van der Waals surface area contributed by atoms with Crippen LogP contribution in [0.15, 0.2) is 0 Å². The zero-order chi connectivity index (χ0) is 8.70. The Morgan fingerprint density at radius 2 is 1.36 bits per heavy atom. The predicted octanol–water partition coefficient (Wildman–Crippen LogP) is 1.88. The molecule has 1 fully saturated rings. The summed E-state index contributed by atoms with van der Waals surface area (Å²) >= 11 is 0. The van der Waals surface area contributed by atoms with Crippen molar-refractivity contribution in [1.29, 1.82) is 0 Å². The minimum Gasteiger partial charge on any atom is -0.400 e. The van der Waals surface area contributed by atoms with Crippen LogP contribution in [0.25, 0.3) is 0 Å². The van der Waals surface area contributed by atoms with Gasteiger partial charge < -0.3 is 9.31 Å². The molecule has 2 nitrogen and oxygen atoms in total. The second kappa shape index (κ2) is 2.72. The number of hydrogen-bond donors (Lipinski definition) is 0. The molecule has 0 aromatic heterocycles. The van der Waals surface area contributed by atoms with Gasteiger partial charge in [0.1, 0.15) is 0 Å². The van der Waals surface area contributed by atoms with Crippen molar-refractivity contribution in [2.75, 3.05) is 6.66 Å². The zero-order valence-electron chi connectivity index (χ0n) is 7.89. The molecule has 0 radical (unpaired) electrons. The number of rotatable bonds is 1. The fourth-order valence-corrected chi connectivity index (χ4v) is 1.79. The van der Waals surface area contributed by atoms with Gasteiger partial charge in [-0.2, -0.15) is 0 Å². The van der Waals surface area contributed by atoms with E-state index >= 15 is 0 Å². The van der Waals surface area contributed by atoms with Crippen LogP contribution in [0.5, 0.6) is 0 Å². The molecule has 4 heteroatoms. The van der Waals surface area contributed by atoms with Gasteiger partial charge in [-0.05, 0) is 34.4 Å². The predicted molar refractivity (Wildman–Crippen MR) is 50.3 cm³/mol. The van der Waals surface area contributed by atoms with Crippen molar-refractivity contribution in [3.63, 3.8) is 0 Å². The van der Waals surface area contributed by atoms with Gasteiger partial charge in [0, 0.05) is 0 Å². The number of hydrogen-bond acceptors (Lipinski definition) is 2. The first kappa shape index (κ1) is 9.50. The van der Waals surface area contributed by atoms with Crippen LogP contribution >= 0.6 is 8.46 Å². The molecular weight excluding hydrogens is 158 g/mol. The van der Waals surface area contributed by atoms with Crippen molar-refractivity contribution >= 4 is 15.3 Å². The Morgan fingerprint density at radius 1 is 1.00 bits per heavy atom. The normalized spacial score (nSPS) is 28.6. The van der Waals surface area contributed by atoms with Gasteiger partial charge in [0.05, 0.1) is 11.2 Å². The van der Waals surface area contributed by atoms with Crippen LogP contribution in [-0.4, -0.2) is 24.7 Å². The van der Waals surface area contributed by atoms with E-state index in [1.807, 2.05) is 0 Å². The lowest BCUT2D eigenvalue weighted by molar-refractivity contribution is 0.00578. The smallest absolute Gasteiger partial charge is 0.400 e. The molecule has 0 aromatic rings. The molecule has 1 unspecified atom stereocenters. The summed E-state index contributed by atoms with van der Waals surface area (Å²) in [6, 6.07) is 0. The lowest BCUT2D eigenvalue weighted by Crippen LogP contribution is -2.41. The highest BCUT2D eigenvalue weighted by atomic mass is 31.1. The first-order chi connectivity index (χ1) is 4.89. The molecule has 0 N–H and O–H groups in total. The third kappa shape index (κ3) is 1.61. The van der Waals surface area contributed by atoms with Crippen molar-refractivity contribution in [3.8, 4) is 0 Å². The van der Waals surface area contributed by atoms with E-state index in [9.17, 15) is 0 Å². The molecular formula is C7H16BO2P. The Bertz CT molecular complexity index is 143. The highest BCUT2D eigenvalue weighted by Crippen LogP contribution is 2.40. The molecule has 1 atom stereocenters. The van der Waals surface area contributed by atoms with Gasteiger partial charge in [-0.15, -0.1) is 0 Å². The van der Waals surface area contributed by atoms with Crippen LogP contribution in [0, 0.1) is 0 Å². The van der Waals surface area contributed by atoms with Gasteiger partial charge in [-0.3, -0.25) is 0 Å². The quantitative estimate of drug-likeness (QED) is 0.446. The van der Waals surface area contributed by atoms with Crippen LogP contribution in [-0.2, 0) is 9.31 Å². The van der Waals surface area contributed by atoms with E-state index in [1.54, 1.807) is 0 Å². The zero-order valence-corrected chi connectivity index (χ0v) is 8.89. The molecule has 0 bridgehead atoms. The molecule has 0 aromatic carbocycles. The summed E-state index contributed by atoms with van der Waals surface area (Å²) in [6.07, 6.45) is 0. The largest absolute Gasteiger partial charge is 0.482 e. The maximum atomic E-state index is 5.70. The first-order valence-electron chi connectivity index (χ1n) is 3.92. The summed E-state index contributed by atoms with van der Waals surface area (Å²) in [5.74, 6) is 0. The van der Waals surface area contributed by atoms with Crippen molar-refractivity contribution in [3.05, 3.63) is 0 Å². The average Bonchev–Trinajstić information content (AvgIpc) is 2.03. The van der Waals surface area contributed by atoms with Crippen molar-refractivity contribution < 1.29 is 9.31 Å². The van der Waals surface area contributed by atoms with Crippen LogP contribution in [0.4, 0.5) is 0 Å². The molecule has 1 saturated heterocycles. The SMILES string of the molecule is CPB1OC(C)(C)C(C)(C)O1. The standard InChI is InChI=1S/C7H16BO2P/c1-6(2)7(3,4)10-8(9-6)11-5/h11H,1-5H3. The Kier molecular flexibility index (Phi) is 2.35. The lowest BCUT2D eigenvalue weighted by Gasteiger charge is -2.32. The third-order valence-corrected chi connectivity index (χ3v) is 3.20. The van der Waals surface area contributed by atoms with Gasteiger partial charge in [-0.1, -0.05) is 8.46 Å². The molecule has 0 saturated carbocycles. The molecule has 0 spiro atoms. The van der Waals surface area contributed by atoms with E-state index < -0.39 is 0 Å². The average molecular weight is 174 g/mol. The van der Waals surface area contributed by atoms with Crippen LogP contribution in [0.3, 0.4) is 0 Å². The molecule has 11 heavy (non-hydrogen) atoms. The van der Waals surface area contributed by atoms with E-state index in [0.29, 0.717) is 8.46 Å². The second-order valence-corrected chi connectivity index (χ2v) is 4.93.